The van der Waals surface area contributed by atoms with Crippen LogP contribution in [0.5, 0.6) is 0 Å². The lowest BCUT2D eigenvalue weighted by atomic mass is 10.1. The van der Waals surface area contributed by atoms with Crippen molar-refractivity contribution in [2.45, 2.75) is 40.5 Å². The van der Waals surface area contributed by atoms with Crippen molar-refractivity contribution in [3.05, 3.63) is 34.8 Å². The molecular weight excluding hydrogens is 218 g/mol. The molecule has 0 N–H and O–H groups in total. The van der Waals surface area contributed by atoms with Crippen molar-refractivity contribution in [3.63, 3.8) is 0 Å². The van der Waals surface area contributed by atoms with Gasteiger partial charge >= 0.3 is 0 Å². The van der Waals surface area contributed by atoms with Gasteiger partial charge < -0.3 is 4.57 Å². The van der Waals surface area contributed by atoms with Crippen LogP contribution >= 0.6 is 0 Å². The fraction of sp³-hybridized carbons (Fsp3) is 0.412. The van der Waals surface area contributed by atoms with E-state index < -0.39 is 0 Å². The van der Waals surface area contributed by atoms with Gasteiger partial charge in [0.1, 0.15) is 0 Å². The summed E-state index contributed by atoms with van der Waals surface area (Å²) in [5.74, 6) is 0. The van der Waals surface area contributed by atoms with E-state index in [1.165, 1.54) is 34.3 Å². The average molecular weight is 243 g/mol. The molecule has 98 valence electrons. The molecule has 1 aliphatic carbocycles. The van der Waals surface area contributed by atoms with Crippen molar-refractivity contribution in [2.24, 2.45) is 7.05 Å². The molecule has 0 aliphatic heterocycles. The summed E-state index contributed by atoms with van der Waals surface area (Å²) >= 11 is 0. The van der Waals surface area contributed by atoms with Crippen molar-refractivity contribution in [1.82, 2.24) is 4.57 Å². The van der Waals surface area contributed by atoms with Crippen LogP contribution in [0.25, 0.3) is 23.1 Å². The summed E-state index contributed by atoms with van der Waals surface area (Å²) in [6, 6.07) is 8.62. The molecule has 0 amide bonds. The second-order valence-electron chi connectivity index (χ2n) is 3.86. The molecule has 3 rings (SSSR count). The van der Waals surface area contributed by atoms with Gasteiger partial charge in [0.05, 0.1) is 0 Å². The summed E-state index contributed by atoms with van der Waals surface area (Å²) in [6.45, 7) is 8.00. The van der Waals surface area contributed by atoms with Crippen molar-refractivity contribution < 1.29 is 0 Å². The van der Waals surface area contributed by atoms with Crippen LogP contribution in [0.4, 0.5) is 0 Å². The van der Waals surface area contributed by atoms with Crippen LogP contribution in [0.3, 0.4) is 0 Å². The number of para-hydroxylation sites is 1. The maximum atomic E-state index is 2.36. The largest absolute Gasteiger partial charge is 0.344 e. The lowest BCUT2D eigenvalue weighted by Crippen LogP contribution is -2.29. The molecule has 1 nitrogen and oxygen atoms in total. The Morgan fingerprint density at radius 2 is 1.50 bits per heavy atom. The molecule has 1 aromatic heterocycles. The summed E-state index contributed by atoms with van der Waals surface area (Å²) in [4.78, 5) is 0. The Balaban J connectivity index is 0.000000371. The van der Waals surface area contributed by atoms with Gasteiger partial charge in [0.2, 0.25) is 0 Å². The predicted molar refractivity (Wildman–Crippen MR) is 83.0 cm³/mol. The van der Waals surface area contributed by atoms with Gasteiger partial charge in [0.25, 0.3) is 0 Å². The Labute approximate surface area is 110 Å². The first-order chi connectivity index (χ1) is 8.88. The van der Waals surface area contributed by atoms with Crippen LogP contribution in [-0.2, 0) is 7.05 Å². The molecule has 1 aliphatic rings. The van der Waals surface area contributed by atoms with Gasteiger partial charge in [-0.3, -0.25) is 0 Å². The summed E-state index contributed by atoms with van der Waals surface area (Å²) in [5, 5.41) is 4.20. The monoisotopic (exact) mass is 243 g/mol. The molecule has 0 atom stereocenters. The number of hydrogen-bond donors (Lipinski definition) is 0. The summed E-state index contributed by atoms with van der Waals surface area (Å²) in [6.07, 6.45) is 7.06. The minimum atomic E-state index is 1.18. The second-order valence-corrected chi connectivity index (χ2v) is 3.86. The highest BCUT2D eigenvalue weighted by atomic mass is 14.9. The maximum absolute atomic E-state index is 2.36. The smallest absolute Gasteiger partial charge is 0.0488 e. The van der Waals surface area contributed by atoms with Gasteiger partial charge in [-0.15, -0.1) is 0 Å². The zero-order chi connectivity index (χ0) is 13.5. The molecule has 2 aromatic rings. The quantitative estimate of drug-likeness (QED) is 0.666. The van der Waals surface area contributed by atoms with E-state index in [4.69, 9.17) is 0 Å². The van der Waals surface area contributed by atoms with Crippen LogP contribution < -0.4 is 10.6 Å². The molecule has 1 heteroatoms. The SMILES string of the molecule is CC.CC.Cn1c2c(c3ccccc31)=CCCC=2. The van der Waals surface area contributed by atoms with E-state index in [0.717, 1.165) is 0 Å². The molecular formula is C17H25N. The van der Waals surface area contributed by atoms with Crippen molar-refractivity contribution in [2.75, 3.05) is 0 Å². The third kappa shape index (κ3) is 2.50. The highest BCUT2D eigenvalue weighted by molar-refractivity contribution is 5.82. The molecule has 1 aromatic carbocycles. The number of benzene rings is 1. The fourth-order valence-corrected chi connectivity index (χ4v) is 2.35. The van der Waals surface area contributed by atoms with Crippen LogP contribution in [0, 0.1) is 0 Å². The Morgan fingerprint density at radius 3 is 2.22 bits per heavy atom. The van der Waals surface area contributed by atoms with E-state index >= 15 is 0 Å². The van der Waals surface area contributed by atoms with Gasteiger partial charge in [0.15, 0.2) is 0 Å². The minimum Gasteiger partial charge on any atom is -0.344 e. The number of aryl methyl sites for hydroxylation is 1. The number of nitrogens with zero attached hydrogens (tertiary/aromatic N) is 1. The minimum absolute atomic E-state index is 1.18. The molecule has 0 saturated carbocycles. The Morgan fingerprint density at radius 1 is 0.889 bits per heavy atom. The van der Waals surface area contributed by atoms with Crippen LogP contribution in [0.2, 0.25) is 0 Å². The third-order valence-electron chi connectivity index (χ3n) is 3.05. The molecule has 0 fully saturated rings. The lowest BCUT2D eigenvalue weighted by Gasteiger charge is -1.97. The Bertz CT molecular complexity index is 602. The molecule has 1 heterocycles. The summed E-state index contributed by atoms with van der Waals surface area (Å²) in [7, 11) is 2.15. The molecule has 0 unspecified atom stereocenters. The van der Waals surface area contributed by atoms with E-state index in [1.807, 2.05) is 27.7 Å². The normalized spacial score (nSPS) is 12.1. The van der Waals surface area contributed by atoms with Crippen molar-refractivity contribution >= 4 is 23.1 Å². The first kappa shape index (κ1) is 14.6. The zero-order valence-electron chi connectivity index (χ0n) is 12.3. The predicted octanol–water partition coefficient (Wildman–Crippen LogP) is 3.59. The van der Waals surface area contributed by atoms with Crippen LogP contribution in [-0.4, -0.2) is 4.57 Å². The lowest BCUT2D eigenvalue weighted by molar-refractivity contribution is 0.910. The third-order valence-corrected chi connectivity index (χ3v) is 3.05. The van der Waals surface area contributed by atoms with Crippen molar-refractivity contribution in [3.8, 4) is 0 Å². The van der Waals surface area contributed by atoms with Gasteiger partial charge in [-0.05, 0) is 18.9 Å². The summed E-state index contributed by atoms with van der Waals surface area (Å²) in [5.41, 5.74) is 1.34. The van der Waals surface area contributed by atoms with Crippen molar-refractivity contribution in [1.29, 1.82) is 0 Å². The molecule has 0 spiro atoms. The molecule has 0 bridgehead atoms. The van der Waals surface area contributed by atoms with E-state index in [2.05, 4.69) is 48.0 Å². The average Bonchev–Trinajstić information content (AvgIpc) is 2.78. The maximum Gasteiger partial charge on any atom is 0.0488 e. The Hall–Kier alpha value is -1.50. The van der Waals surface area contributed by atoms with E-state index in [1.54, 1.807) is 0 Å². The number of aromatic nitrogens is 1. The number of rotatable bonds is 0. The molecule has 0 radical (unpaired) electrons. The number of hydrogen-bond acceptors (Lipinski definition) is 0. The van der Waals surface area contributed by atoms with Crippen LogP contribution in [0.15, 0.2) is 24.3 Å². The van der Waals surface area contributed by atoms with Gasteiger partial charge in [-0.25, -0.2) is 0 Å². The molecule has 18 heavy (non-hydrogen) atoms. The standard InChI is InChI=1S/C13H13N.2C2H6/c1-14-12-8-4-2-6-10(12)11-7-3-5-9-13(11)14;2*1-2/h2,4,6-9H,3,5H2,1H3;2*1-2H3. The zero-order valence-corrected chi connectivity index (χ0v) is 12.3. The Kier molecular flexibility index (Phi) is 5.70. The first-order valence-corrected chi connectivity index (χ1v) is 7.12. The second kappa shape index (κ2) is 7.05. The molecule has 0 saturated heterocycles. The fourth-order valence-electron chi connectivity index (χ4n) is 2.35. The highest BCUT2D eigenvalue weighted by Crippen LogP contribution is 2.08. The van der Waals surface area contributed by atoms with E-state index in [0.29, 0.717) is 0 Å². The van der Waals surface area contributed by atoms with Gasteiger partial charge in [-0.2, -0.15) is 0 Å². The van der Waals surface area contributed by atoms with E-state index in [9.17, 15) is 0 Å². The van der Waals surface area contributed by atoms with Gasteiger partial charge in [-0.1, -0.05) is 58.0 Å². The highest BCUT2D eigenvalue weighted by Gasteiger charge is 2.04. The van der Waals surface area contributed by atoms with Gasteiger partial charge in [0, 0.05) is 28.5 Å². The first-order valence-electron chi connectivity index (χ1n) is 7.12. The topological polar surface area (TPSA) is 4.93 Å². The summed E-state index contributed by atoms with van der Waals surface area (Å²) < 4.78 is 2.29. The number of fused-ring (bicyclic) bond motifs is 3. The van der Waals surface area contributed by atoms with E-state index in [-0.39, 0.29) is 0 Å². The van der Waals surface area contributed by atoms with Crippen LogP contribution in [0.1, 0.15) is 40.5 Å².